The number of nitrogens with one attached hydrogen (secondary N) is 1. The van der Waals surface area contributed by atoms with E-state index in [1.807, 2.05) is 26.0 Å². The standard InChI is InChI=1S/C21H30N2O5/c1-5-28-18(24)8-9-22-21(26)23-10-6-7-16(13-23)19(25)17-11-14(2)20(27-4)15(3)12-17/h11-12,16H,5-10,13H2,1-4H3,(H,22,26). The van der Waals surface area contributed by atoms with E-state index in [4.69, 9.17) is 9.47 Å². The first kappa shape index (κ1) is 21.7. The van der Waals surface area contributed by atoms with Crippen LogP contribution in [0.15, 0.2) is 12.1 Å². The summed E-state index contributed by atoms with van der Waals surface area (Å²) in [7, 11) is 1.62. The number of hydrogen-bond acceptors (Lipinski definition) is 5. The Morgan fingerprint density at radius 1 is 1.21 bits per heavy atom. The number of piperidine rings is 1. The van der Waals surface area contributed by atoms with Crippen molar-refractivity contribution in [2.75, 3.05) is 33.4 Å². The first-order valence-corrected chi connectivity index (χ1v) is 9.75. The van der Waals surface area contributed by atoms with Crippen molar-refractivity contribution in [3.05, 3.63) is 28.8 Å². The molecule has 1 N–H and O–H groups in total. The second-order valence-electron chi connectivity index (χ2n) is 7.08. The van der Waals surface area contributed by atoms with Crippen molar-refractivity contribution < 1.29 is 23.9 Å². The molecule has 0 bridgehead atoms. The molecular weight excluding hydrogens is 360 g/mol. The lowest BCUT2D eigenvalue weighted by atomic mass is 9.89. The highest BCUT2D eigenvalue weighted by atomic mass is 16.5. The fourth-order valence-corrected chi connectivity index (χ4v) is 3.64. The summed E-state index contributed by atoms with van der Waals surface area (Å²) in [5, 5.41) is 2.73. The fraction of sp³-hybridized carbons (Fsp3) is 0.571. The van der Waals surface area contributed by atoms with E-state index in [0.717, 1.165) is 29.7 Å². The van der Waals surface area contributed by atoms with Gasteiger partial charge < -0.3 is 19.7 Å². The molecule has 1 aromatic rings. The molecule has 0 saturated carbocycles. The van der Waals surface area contributed by atoms with Crippen molar-refractivity contribution in [3.63, 3.8) is 0 Å². The molecule has 1 fully saturated rings. The molecule has 1 aromatic carbocycles. The van der Waals surface area contributed by atoms with Gasteiger partial charge in [-0.1, -0.05) is 0 Å². The third-order valence-electron chi connectivity index (χ3n) is 4.94. The summed E-state index contributed by atoms with van der Waals surface area (Å²) < 4.78 is 10.2. The predicted molar refractivity (Wildman–Crippen MR) is 106 cm³/mol. The highest BCUT2D eigenvalue weighted by molar-refractivity contribution is 5.99. The number of esters is 1. The number of urea groups is 1. The number of carbonyl (C=O) groups excluding carboxylic acids is 3. The van der Waals surface area contributed by atoms with Crippen LogP contribution in [0.2, 0.25) is 0 Å². The number of amides is 2. The molecule has 0 aliphatic carbocycles. The Morgan fingerprint density at radius 3 is 2.50 bits per heavy atom. The van der Waals surface area contributed by atoms with Crippen molar-refractivity contribution in [2.45, 2.75) is 40.0 Å². The van der Waals surface area contributed by atoms with Gasteiger partial charge in [-0.05, 0) is 56.9 Å². The highest BCUT2D eigenvalue weighted by Crippen LogP contribution is 2.27. The fourth-order valence-electron chi connectivity index (χ4n) is 3.64. The number of benzene rings is 1. The number of nitrogens with zero attached hydrogens (tertiary/aromatic N) is 1. The predicted octanol–water partition coefficient (Wildman–Crippen LogP) is 2.87. The minimum atomic E-state index is -0.334. The molecule has 154 valence electrons. The maximum Gasteiger partial charge on any atom is 0.317 e. The van der Waals surface area contributed by atoms with Crippen LogP contribution < -0.4 is 10.1 Å². The zero-order valence-electron chi connectivity index (χ0n) is 17.2. The summed E-state index contributed by atoms with van der Waals surface area (Å²) in [5.74, 6) is 0.289. The van der Waals surface area contributed by atoms with Crippen LogP contribution in [0.5, 0.6) is 5.75 Å². The largest absolute Gasteiger partial charge is 0.496 e. The molecule has 2 amide bonds. The van der Waals surface area contributed by atoms with Gasteiger partial charge in [0.1, 0.15) is 5.75 Å². The Morgan fingerprint density at radius 2 is 1.89 bits per heavy atom. The number of ketones is 1. The third-order valence-corrected chi connectivity index (χ3v) is 4.94. The number of likely N-dealkylation sites (tertiary alicyclic amines) is 1. The number of hydrogen-bond donors (Lipinski definition) is 1. The van der Waals surface area contributed by atoms with Crippen LogP contribution >= 0.6 is 0 Å². The smallest absolute Gasteiger partial charge is 0.317 e. The summed E-state index contributed by atoms with van der Waals surface area (Å²) in [4.78, 5) is 38.4. The zero-order chi connectivity index (χ0) is 20.7. The van der Waals surface area contributed by atoms with E-state index in [9.17, 15) is 14.4 Å². The third kappa shape index (κ3) is 5.47. The summed E-state index contributed by atoms with van der Waals surface area (Å²) >= 11 is 0. The molecule has 1 saturated heterocycles. The number of aryl methyl sites for hydroxylation is 2. The van der Waals surface area contributed by atoms with Crippen molar-refractivity contribution in [2.24, 2.45) is 5.92 Å². The Balaban J connectivity index is 1.96. The Kier molecular flexibility index (Phi) is 7.84. The van der Waals surface area contributed by atoms with Crippen molar-refractivity contribution in [3.8, 4) is 5.75 Å². The zero-order valence-corrected chi connectivity index (χ0v) is 17.2. The van der Waals surface area contributed by atoms with Crippen LogP contribution in [-0.4, -0.2) is 56.0 Å². The van der Waals surface area contributed by atoms with E-state index >= 15 is 0 Å². The Hall–Kier alpha value is -2.57. The van der Waals surface area contributed by atoms with Gasteiger partial charge in [-0.15, -0.1) is 0 Å². The topological polar surface area (TPSA) is 84.9 Å². The van der Waals surface area contributed by atoms with Crippen LogP contribution in [0.3, 0.4) is 0 Å². The molecule has 0 radical (unpaired) electrons. The van der Waals surface area contributed by atoms with Gasteiger partial charge in [0.15, 0.2) is 5.78 Å². The number of ether oxygens (including phenoxy) is 2. The Bertz CT molecular complexity index is 709. The van der Waals surface area contributed by atoms with Gasteiger partial charge in [-0.2, -0.15) is 0 Å². The van der Waals surface area contributed by atoms with E-state index in [-0.39, 0.29) is 36.7 Å². The van der Waals surface area contributed by atoms with E-state index in [2.05, 4.69) is 5.32 Å². The molecule has 1 unspecified atom stereocenters. The van der Waals surface area contributed by atoms with Gasteiger partial charge in [0.25, 0.3) is 0 Å². The monoisotopic (exact) mass is 390 g/mol. The van der Waals surface area contributed by atoms with Crippen molar-refractivity contribution in [1.82, 2.24) is 10.2 Å². The average Bonchev–Trinajstić information content (AvgIpc) is 2.67. The van der Waals surface area contributed by atoms with E-state index in [1.165, 1.54) is 0 Å². The summed E-state index contributed by atoms with van der Waals surface area (Å²) in [6.45, 7) is 7.13. The lowest BCUT2D eigenvalue weighted by Crippen LogP contribution is -2.47. The van der Waals surface area contributed by atoms with Gasteiger partial charge in [-0.25, -0.2) is 4.79 Å². The summed E-state index contributed by atoms with van der Waals surface area (Å²) in [6, 6.07) is 3.46. The summed E-state index contributed by atoms with van der Waals surface area (Å²) in [5.41, 5.74) is 2.51. The number of Topliss-reactive ketones (excluding diaryl/α,β-unsaturated/α-hetero) is 1. The SMILES string of the molecule is CCOC(=O)CCNC(=O)N1CCCC(C(=O)c2cc(C)c(OC)c(C)c2)C1. The van der Waals surface area contributed by atoms with Gasteiger partial charge in [0.2, 0.25) is 0 Å². The number of carbonyl (C=O) groups is 3. The molecular formula is C21H30N2O5. The van der Waals surface area contributed by atoms with Crippen LogP contribution in [0.1, 0.15) is 47.7 Å². The second kappa shape index (κ2) is 10.1. The quantitative estimate of drug-likeness (QED) is 0.572. The second-order valence-corrected chi connectivity index (χ2v) is 7.08. The maximum atomic E-state index is 13.0. The van der Waals surface area contributed by atoms with Gasteiger partial charge in [0.05, 0.1) is 20.1 Å². The van der Waals surface area contributed by atoms with Crippen LogP contribution in [0.25, 0.3) is 0 Å². The normalized spacial score (nSPS) is 16.4. The average molecular weight is 390 g/mol. The van der Waals surface area contributed by atoms with E-state index in [0.29, 0.717) is 25.3 Å². The summed E-state index contributed by atoms with van der Waals surface area (Å²) in [6.07, 6.45) is 1.67. The van der Waals surface area contributed by atoms with Crippen LogP contribution in [0.4, 0.5) is 4.79 Å². The molecule has 1 aliphatic heterocycles. The molecule has 1 atom stereocenters. The molecule has 7 nitrogen and oxygen atoms in total. The van der Waals surface area contributed by atoms with Gasteiger partial charge >= 0.3 is 12.0 Å². The first-order chi connectivity index (χ1) is 13.4. The first-order valence-electron chi connectivity index (χ1n) is 9.75. The minimum absolute atomic E-state index is 0.0536. The van der Waals surface area contributed by atoms with Crippen LogP contribution in [0, 0.1) is 19.8 Å². The number of methoxy groups -OCH3 is 1. The molecule has 0 spiro atoms. The lowest BCUT2D eigenvalue weighted by Gasteiger charge is -2.32. The van der Waals surface area contributed by atoms with E-state index < -0.39 is 0 Å². The van der Waals surface area contributed by atoms with Gasteiger partial charge in [-0.3, -0.25) is 9.59 Å². The van der Waals surface area contributed by atoms with Crippen molar-refractivity contribution >= 4 is 17.8 Å². The molecule has 2 rings (SSSR count). The van der Waals surface area contributed by atoms with Crippen molar-refractivity contribution in [1.29, 1.82) is 0 Å². The minimum Gasteiger partial charge on any atom is -0.496 e. The van der Waals surface area contributed by atoms with Gasteiger partial charge in [0, 0.05) is 31.1 Å². The van der Waals surface area contributed by atoms with Crippen LogP contribution in [-0.2, 0) is 9.53 Å². The molecule has 1 aliphatic rings. The molecule has 0 aromatic heterocycles. The maximum absolute atomic E-state index is 13.0. The lowest BCUT2D eigenvalue weighted by molar-refractivity contribution is -0.142. The number of rotatable bonds is 7. The Labute approximate surface area is 166 Å². The molecule has 1 heterocycles. The van der Waals surface area contributed by atoms with E-state index in [1.54, 1.807) is 18.9 Å². The molecule has 28 heavy (non-hydrogen) atoms. The highest BCUT2D eigenvalue weighted by Gasteiger charge is 2.29. The molecule has 7 heteroatoms.